The summed E-state index contributed by atoms with van der Waals surface area (Å²) in [5, 5.41) is 2.59. The van der Waals surface area contributed by atoms with E-state index in [2.05, 4.69) is 10.0 Å². The highest BCUT2D eigenvalue weighted by Crippen LogP contribution is 2.15. The first-order valence-corrected chi connectivity index (χ1v) is 8.77. The van der Waals surface area contributed by atoms with E-state index in [1.54, 1.807) is 32.9 Å². The third-order valence-electron chi connectivity index (χ3n) is 3.36. The minimum atomic E-state index is -3.38. The van der Waals surface area contributed by atoms with Crippen LogP contribution in [0.4, 0.5) is 4.39 Å². The standard InChI is InChI=1S/C15H25FN2O2S/c1-5-6-17-9-13(4)21(19,20)18-10-14-7-11(2)15(16)12(3)8-14/h7-8,13,17-18H,5-6,9-10H2,1-4H3. The smallest absolute Gasteiger partial charge is 0.215 e. The molecule has 1 rings (SSSR count). The van der Waals surface area contributed by atoms with Gasteiger partial charge in [-0.1, -0.05) is 19.1 Å². The molecule has 0 aliphatic carbocycles. The average molecular weight is 316 g/mol. The van der Waals surface area contributed by atoms with Crippen molar-refractivity contribution < 1.29 is 12.8 Å². The van der Waals surface area contributed by atoms with Crippen LogP contribution in [0.15, 0.2) is 12.1 Å². The van der Waals surface area contributed by atoms with Crippen LogP contribution >= 0.6 is 0 Å². The maximum atomic E-state index is 13.5. The van der Waals surface area contributed by atoms with Crippen LogP contribution in [0.1, 0.15) is 37.0 Å². The second-order valence-corrected chi connectivity index (χ2v) is 7.61. The van der Waals surface area contributed by atoms with Crippen LogP contribution in [0.5, 0.6) is 0 Å². The van der Waals surface area contributed by atoms with Crippen molar-refractivity contribution in [3.05, 3.63) is 34.6 Å². The number of halogens is 1. The first kappa shape index (κ1) is 18.1. The van der Waals surface area contributed by atoms with Crippen LogP contribution in [-0.4, -0.2) is 26.8 Å². The highest BCUT2D eigenvalue weighted by Gasteiger charge is 2.19. The SMILES string of the molecule is CCCNCC(C)S(=O)(=O)NCc1cc(C)c(F)c(C)c1. The van der Waals surface area contributed by atoms with E-state index in [4.69, 9.17) is 0 Å². The zero-order chi connectivity index (χ0) is 16.0. The molecule has 0 aliphatic rings. The molecule has 21 heavy (non-hydrogen) atoms. The monoisotopic (exact) mass is 316 g/mol. The second kappa shape index (κ2) is 7.87. The molecule has 6 heteroatoms. The third-order valence-corrected chi connectivity index (χ3v) is 5.13. The summed E-state index contributed by atoms with van der Waals surface area (Å²) in [4.78, 5) is 0. The molecule has 0 radical (unpaired) electrons. The maximum Gasteiger partial charge on any atom is 0.215 e. The highest BCUT2D eigenvalue weighted by molar-refractivity contribution is 7.90. The highest BCUT2D eigenvalue weighted by atomic mass is 32.2. The molecule has 0 saturated heterocycles. The zero-order valence-corrected chi connectivity index (χ0v) is 14.0. The van der Waals surface area contributed by atoms with Gasteiger partial charge < -0.3 is 5.32 Å². The van der Waals surface area contributed by atoms with Crippen LogP contribution in [-0.2, 0) is 16.6 Å². The summed E-state index contributed by atoms with van der Waals surface area (Å²) in [6.45, 7) is 8.47. The van der Waals surface area contributed by atoms with Gasteiger partial charge in [0.2, 0.25) is 10.0 Å². The molecule has 0 aliphatic heterocycles. The van der Waals surface area contributed by atoms with E-state index >= 15 is 0 Å². The molecule has 0 amide bonds. The van der Waals surface area contributed by atoms with Crippen molar-refractivity contribution >= 4 is 10.0 Å². The van der Waals surface area contributed by atoms with Gasteiger partial charge >= 0.3 is 0 Å². The van der Waals surface area contributed by atoms with E-state index in [1.807, 2.05) is 6.92 Å². The van der Waals surface area contributed by atoms with Gasteiger partial charge in [-0.3, -0.25) is 0 Å². The van der Waals surface area contributed by atoms with Crippen LogP contribution in [0, 0.1) is 19.7 Å². The number of rotatable bonds is 8. The normalized spacial score (nSPS) is 13.4. The van der Waals surface area contributed by atoms with Gasteiger partial charge in [0.1, 0.15) is 5.82 Å². The molecule has 1 unspecified atom stereocenters. The van der Waals surface area contributed by atoms with Crippen molar-refractivity contribution in [1.82, 2.24) is 10.0 Å². The molecule has 0 bridgehead atoms. The van der Waals surface area contributed by atoms with Gasteiger partial charge in [-0.15, -0.1) is 0 Å². The number of nitrogens with one attached hydrogen (secondary N) is 2. The molecule has 1 aromatic carbocycles. The summed E-state index contributed by atoms with van der Waals surface area (Å²) in [5.41, 5.74) is 1.83. The van der Waals surface area contributed by atoms with E-state index in [1.165, 1.54) is 0 Å². The Morgan fingerprint density at radius 3 is 2.33 bits per heavy atom. The molecule has 0 spiro atoms. The Labute approximate surface area is 127 Å². The molecule has 120 valence electrons. The van der Waals surface area contributed by atoms with E-state index in [0.717, 1.165) is 18.5 Å². The molecule has 1 atom stereocenters. The molecule has 0 fully saturated rings. The van der Waals surface area contributed by atoms with E-state index in [9.17, 15) is 12.8 Å². The summed E-state index contributed by atoms with van der Waals surface area (Å²) in [5.74, 6) is -0.237. The van der Waals surface area contributed by atoms with Crippen LogP contribution in [0.25, 0.3) is 0 Å². The van der Waals surface area contributed by atoms with Gasteiger partial charge in [0.25, 0.3) is 0 Å². The summed E-state index contributed by atoms with van der Waals surface area (Å²) < 4.78 is 40.3. The maximum absolute atomic E-state index is 13.5. The minimum absolute atomic E-state index is 0.183. The molecular weight excluding hydrogens is 291 g/mol. The fraction of sp³-hybridized carbons (Fsp3) is 0.600. The van der Waals surface area contributed by atoms with Crippen molar-refractivity contribution in [2.24, 2.45) is 0 Å². The fourth-order valence-corrected chi connectivity index (χ4v) is 3.05. The van der Waals surface area contributed by atoms with Crippen molar-refractivity contribution in [3.8, 4) is 0 Å². The Hall–Kier alpha value is -0.980. The average Bonchev–Trinajstić information content (AvgIpc) is 2.42. The van der Waals surface area contributed by atoms with Crippen LogP contribution in [0.2, 0.25) is 0 Å². The molecule has 0 heterocycles. The number of benzene rings is 1. The summed E-state index contributed by atoms with van der Waals surface area (Å²) in [7, 11) is -3.38. The first-order valence-electron chi connectivity index (χ1n) is 7.22. The predicted octanol–water partition coefficient (Wildman–Crippen LogP) is 2.25. The van der Waals surface area contributed by atoms with E-state index in [0.29, 0.717) is 17.7 Å². The van der Waals surface area contributed by atoms with Gasteiger partial charge in [0.15, 0.2) is 0 Å². The Balaban J connectivity index is 2.65. The first-order chi connectivity index (χ1) is 9.77. The van der Waals surface area contributed by atoms with Crippen molar-refractivity contribution in [2.45, 2.75) is 45.9 Å². The Morgan fingerprint density at radius 1 is 1.24 bits per heavy atom. The van der Waals surface area contributed by atoms with E-state index in [-0.39, 0.29) is 12.4 Å². The number of hydrogen-bond donors (Lipinski definition) is 2. The van der Waals surface area contributed by atoms with Gasteiger partial charge in [0, 0.05) is 13.1 Å². The van der Waals surface area contributed by atoms with Gasteiger partial charge in [-0.25, -0.2) is 17.5 Å². The molecule has 0 saturated carbocycles. The van der Waals surface area contributed by atoms with Crippen molar-refractivity contribution in [3.63, 3.8) is 0 Å². The predicted molar refractivity (Wildman–Crippen MR) is 84.3 cm³/mol. The lowest BCUT2D eigenvalue weighted by Gasteiger charge is -2.15. The number of hydrogen-bond acceptors (Lipinski definition) is 3. The lowest BCUT2D eigenvalue weighted by Crippen LogP contribution is -2.38. The summed E-state index contributed by atoms with van der Waals surface area (Å²) >= 11 is 0. The molecular formula is C15H25FN2O2S. The van der Waals surface area contributed by atoms with E-state index < -0.39 is 15.3 Å². The topological polar surface area (TPSA) is 58.2 Å². The Morgan fingerprint density at radius 2 is 1.81 bits per heavy atom. The summed E-state index contributed by atoms with van der Waals surface area (Å²) in [6, 6.07) is 3.34. The van der Waals surface area contributed by atoms with Crippen molar-refractivity contribution in [1.29, 1.82) is 0 Å². The van der Waals surface area contributed by atoms with Gasteiger partial charge in [-0.05, 0) is 50.4 Å². The molecule has 2 N–H and O–H groups in total. The van der Waals surface area contributed by atoms with Gasteiger partial charge in [0.05, 0.1) is 5.25 Å². The molecule has 1 aromatic rings. The van der Waals surface area contributed by atoms with Crippen LogP contribution in [0.3, 0.4) is 0 Å². The molecule has 4 nitrogen and oxygen atoms in total. The second-order valence-electron chi connectivity index (χ2n) is 5.42. The fourth-order valence-electron chi connectivity index (χ4n) is 2.06. The third kappa shape index (κ3) is 5.37. The van der Waals surface area contributed by atoms with Gasteiger partial charge in [-0.2, -0.15) is 0 Å². The molecule has 0 aromatic heterocycles. The Bertz CT molecular complexity index is 550. The van der Waals surface area contributed by atoms with Crippen LogP contribution < -0.4 is 10.0 Å². The Kier molecular flexibility index (Phi) is 6.77. The van der Waals surface area contributed by atoms with Crippen molar-refractivity contribution in [2.75, 3.05) is 13.1 Å². The number of aryl methyl sites for hydroxylation is 2. The quantitative estimate of drug-likeness (QED) is 0.723. The number of sulfonamides is 1. The summed E-state index contributed by atoms with van der Waals surface area (Å²) in [6.07, 6.45) is 0.967. The zero-order valence-electron chi connectivity index (χ0n) is 13.2. The lowest BCUT2D eigenvalue weighted by atomic mass is 10.1. The minimum Gasteiger partial charge on any atom is -0.315 e. The lowest BCUT2D eigenvalue weighted by molar-refractivity contribution is 0.556. The largest absolute Gasteiger partial charge is 0.315 e.